The van der Waals surface area contributed by atoms with Crippen LogP contribution in [0.3, 0.4) is 0 Å². The van der Waals surface area contributed by atoms with E-state index in [0.717, 1.165) is 0 Å². The Kier molecular flexibility index (Phi) is 5.66. The third kappa shape index (κ3) is 4.05. The molecular weight excluding hydrogens is 315 g/mol. The topological polar surface area (TPSA) is 77.0 Å². The fourth-order valence-electron chi connectivity index (χ4n) is 2.26. The molecule has 2 aliphatic rings. The first-order valence-electron chi connectivity index (χ1n) is 6.96. The van der Waals surface area contributed by atoms with Crippen molar-refractivity contribution in [2.24, 2.45) is 5.92 Å². The predicted molar refractivity (Wildman–Crippen MR) is 89.3 cm³/mol. The average molecular weight is 332 g/mol. The number of Topliss-reactive ketones (excluding diaryl/α,β-unsaturated/α-hetero) is 1. The molecule has 2 unspecified atom stereocenters. The van der Waals surface area contributed by atoms with Crippen LogP contribution < -0.4 is 15.4 Å². The summed E-state index contributed by atoms with van der Waals surface area (Å²) in [4.78, 5) is 12.5. The molecular formula is C16H17FN4OS. The molecule has 0 spiro atoms. The smallest absolute Gasteiger partial charge is 0.220 e. The molecule has 2 bridgehead atoms. The summed E-state index contributed by atoms with van der Waals surface area (Å²) in [5.74, 6) is -1.17. The summed E-state index contributed by atoms with van der Waals surface area (Å²) in [7, 11) is 1.61. The lowest BCUT2D eigenvalue weighted by Gasteiger charge is -2.15. The first-order chi connectivity index (χ1) is 11.1. The maximum absolute atomic E-state index is 14.3. The second kappa shape index (κ2) is 7.70. The first-order valence-corrected chi connectivity index (χ1v) is 8.19. The van der Waals surface area contributed by atoms with E-state index in [1.807, 2.05) is 18.2 Å². The number of halogens is 1. The Morgan fingerprint density at radius 3 is 2.87 bits per heavy atom. The Hall–Kier alpha value is -2.46. The minimum Gasteiger partial charge on any atom is -0.393 e. The third-order valence-corrected chi connectivity index (χ3v) is 3.70. The van der Waals surface area contributed by atoms with Crippen LogP contribution in [0.4, 0.5) is 4.39 Å². The van der Waals surface area contributed by atoms with E-state index in [-0.39, 0.29) is 29.1 Å². The van der Waals surface area contributed by atoms with Crippen LogP contribution in [-0.2, 0) is 4.79 Å². The SMILES string of the molecule is CN/C=C(\C#N)C(=O)C1=CC2C=CC(/C=C(NSC)\C(F)=C/2)N1. The lowest BCUT2D eigenvalue weighted by Crippen LogP contribution is -2.30. The Bertz CT molecular complexity index is 685. The second-order valence-electron chi connectivity index (χ2n) is 4.90. The van der Waals surface area contributed by atoms with Gasteiger partial charge >= 0.3 is 0 Å². The molecule has 0 aromatic carbocycles. The van der Waals surface area contributed by atoms with Gasteiger partial charge in [0.25, 0.3) is 0 Å². The number of nitriles is 1. The van der Waals surface area contributed by atoms with Crippen molar-refractivity contribution in [2.45, 2.75) is 6.04 Å². The van der Waals surface area contributed by atoms with Gasteiger partial charge in [0.05, 0.1) is 17.4 Å². The van der Waals surface area contributed by atoms with Crippen LogP contribution in [0.2, 0.25) is 0 Å². The minimum absolute atomic E-state index is 0.0132. The van der Waals surface area contributed by atoms with Crippen LogP contribution in [0.5, 0.6) is 0 Å². The summed E-state index contributed by atoms with van der Waals surface area (Å²) < 4.78 is 17.1. The lowest BCUT2D eigenvalue weighted by molar-refractivity contribution is -0.112. The van der Waals surface area contributed by atoms with Gasteiger partial charge in [-0.25, -0.2) is 4.39 Å². The van der Waals surface area contributed by atoms with Gasteiger partial charge < -0.3 is 15.4 Å². The van der Waals surface area contributed by atoms with E-state index >= 15 is 0 Å². The van der Waals surface area contributed by atoms with Crippen molar-refractivity contribution in [2.75, 3.05) is 13.3 Å². The average Bonchev–Trinajstić information content (AvgIpc) is 2.69. The van der Waals surface area contributed by atoms with Crippen molar-refractivity contribution < 1.29 is 9.18 Å². The summed E-state index contributed by atoms with van der Waals surface area (Å²) in [6.07, 6.45) is 11.5. The largest absolute Gasteiger partial charge is 0.393 e. The Morgan fingerprint density at radius 2 is 2.22 bits per heavy atom. The number of ketones is 1. The number of hydrogen-bond donors (Lipinski definition) is 3. The number of carbonyl (C=O) groups excluding carboxylic acids is 1. The molecule has 3 N–H and O–H groups in total. The van der Waals surface area contributed by atoms with E-state index in [1.165, 1.54) is 24.2 Å². The van der Waals surface area contributed by atoms with Gasteiger partial charge in [0.1, 0.15) is 17.5 Å². The van der Waals surface area contributed by atoms with Gasteiger partial charge in [-0.1, -0.05) is 24.1 Å². The quantitative estimate of drug-likeness (QED) is 0.309. The van der Waals surface area contributed by atoms with Crippen molar-refractivity contribution in [3.8, 4) is 6.07 Å². The number of nitrogens with zero attached hydrogens (tertiary/aromatic N) is 1. The highest BCUT2D eigenvalue weighted by Crippen LogP contribution is 2.24. The molecule has 2 atom stereocenters. The molecule has 2 rings (SSSR count). The van der Waals surface area contributed by atoms with Crippen molar-refractivity contribution in [3.05, 3.63) is 59.4 Å². The van der Waals surface area contributed by atoms with Gasteiger partial charge in [-0.3, -0.25) is 4.79 Å². The van der Waals surface area contributed by atoms with Gasteiger partial charge in [0, 0.05) is 25.4 Å². The predicted octanol–water partition coefficient (Wildman–Crippen LogP) is 1.83. The molecule has 0 radical (unpaired) electrons. The molecule has 0 aromatic rings. The van der Waals surface area contributed by atoms with Crippen LogP contribution in [0.15, 0.2) is 59.4 Å². The number of carbonyl (C=O) groups is 1. The number of fused-ring (bicyclic) bond motifs is 2. The molecule has 7 heteroatoms. The molecule has 23 heavy (non-hydrogen) atoms. The standard InChI is InChI=1S/C16H17FN4OS/c1-19-9-11(8-18)16(22)15-6-10-3-4-12(20-15)7-14(21-23-2)13(17)5-10/h3-7,9-10,12,19-21H,1-2H3/b11-9+,13-5+,14-7+. The zero-order valence-electron chi connectivity index (χ0n) is 12.8. The summed E-state index contributed by atoms with van der Waals surface area (Å²) in [6.45, 7) is 0. The Morgan fingerprint density at radius 1 is 1.43 bits per heavy atom. The summed E-state index contributed by atoms with van der Waals surface area (Å²) in [5, 5.41) is 14.8. The first kappa shape index (κ1) is 16.9. The maximum Gasteiger partial charge on any atom is 0.220 e. The van der Waals surface area contributed by atoms with E-state index in [2.05, 4.69) is 15.4 Å². The Labute approximate surface area is 138 Å². The normalized spacial score (nSPS) is 27.7. The highest BCUT2D eigenvalue weighted by molar-refractivity contribution is 7.96. The molecule has 0 saturated carbocycles. The number of allylic oxidation sites excluding steroid dienone is 5. The van der Waals surface area contributed by atoms with E-state index in [4.69, 9.17) is 5.26 Å². The van der Waals surface area contributed by atoms with Crippen molar-refractivity contribution in [1.82, 2.24) is 15.4 Å². The van der Waals surface area contributed by atoms with Gasteiger partial charge in [-0.2, -0.15) is 5.26 Å². The van der Waals surface area contributed by atoms with Gasteiger partial charge in [-0.15, -0.1) is 0 Å². The van der Waals surface area contributed by atoms with Crippen LogP contribution in [0.25, 0.3) is 0 Å². The number of nitrogens with one attached hydrogen (secondary N) is 3. The van der Waals surface area contributed by atoms with Crippen molar-refractivity contribution in [3.63, 3.8) is 0 Å². The second-order valence-corrected chi connectivity index (χ2v) is 5.51. The lowest BCUT2D eigenvalue weighted by atomic mass is 10.0. The maximum atomic E-state index is 14.3. The molecule has 120 valence electrons. The molecule has 0 aromatic heterocycles. The third-order valence-electron chi connectivity index (χ3n) is 3.27. The summed E-state index contributed by atoms with van der Waals surface area (Å²) in [5.41, 5.74) is 0.622. The molecule has 1 aliphatic carbocycles. The molecule has 0 saturated heterocycles. The molecule has 5 nitrogen and oxygen atoms in total. The highest BCUT2D eigenvalue weighted by atomic mass is 32.2. The zero-order chi connectivity index (χ0) is 16.8. The van der Waals surface area contributed by atoms with E-state index in [1.54, 1.807) is 25.5 Å². The monoisotopic (exact) mass is 332 g/mol. The van der Waals surface area contributed by atoms with E-state index in [0.29, 0.717) is 5.70 Å². The summed E-state index contributed by atoms with van der Waals surface area (Å²) >= 11 is 1.29. The fourth-order valence-corrected chi connectivity index (χ4v) is 2.65. The van der Waals surface area contributed by atoms with Gasteiger partial charge in [-0.05, 0) is 18.2 Å². The van der Waals surface area contributed by atoms with Crippen LogP contribution in [-0.4, -0.2) is 25.1 Å². The zero-order valence-corrected chi connectivity index (χ0v) is 13.6. The molecule has 1 aliphatic heterocycles. The van der Waals surface area contributed by atoms with E-state index < -0.39 is 5.78 Å². The Balaban J connectivity index is 2.38. The number of hydrogen-bond acceptors (Lipinski definition) is 6. The van der Waals surface area contributed by atoms with Crippen molar-refractivity contribution >= 4 is 17.7 Å². The highest BCUT2D eigenvalue weighted by Gasteiger charge is 2.23. The van der Waals surface area contributed by atoms with Crippen LogP contribution >= 0.6 is 11.9 Å². The number of rotatable bonds is 5. The van der Waals surface area contributed by atoms with Crippen molar-refractivity contribution in [1.29, 1.82) is 5.26 Å². The fraction of sp³-hybridized carbons (Fsp3) is 0.250. The summed E-state index contributed by atoms with van der Waals surface area (Å²) in [6, 6.07) is 1.52. The van der Waals surface area contributed by atoms with Gasteiger partial charge in [0.15, 0.2) is 0 Å². The molecule has 1 heterocycles. The minimum atomic E-state index is -0.427. The van der Waals surface area contributed by atoms with Crippen LogP contribution in [0.1, 0.15) is 0 Å². The van der Waals surface area contributed by atoms with Gasteiger partial charge in [0.2, 0.25) is 5.78 Å². The molecule has 0 amide bonds. The molecule has 0 fully saturated rings. The van der Waals surface area contributed by atoms with Crippen LogP contribution in [0, 0.1) is 17.2 Å². The van der Waals surface area contributed by atoms with E-state index in [9.17, 15) is 9.18 Å².